The molecule has 150 valence electrons. The average Bonchev–Trinajstić information content (AvgIpc) is 2.81. The van der Waals surface area contributed by atoms with Gasteiger partial charge in [0.25, 0.3) is 0 Å². The molecule has 1 heterocycles. The van der Waals surface area contributed by atoms with Crippen LogP contribution in [0, 0.1) is 0 Å². The molecule has 1 atom stereocenters. The van der Waals surface area contributed by atoms with Crippen LogP contribution in [0.25, 0.3) is 4.13 Å². The van der Waals surface area contributed by atoms with E-state index in [-0.39, 0.29) is 0 Å². The molecule has 0 saturated carbocycles. The van der Waals surface area contributed by atoms with E-state index in [2.05, 4.69) is 26.2 Å². The van der Waals surface area contributed by atoms with Crippen molar-refractivity contribution in [3.63, 3.8) is 0 Å². The van der Waals surface area contributed by atoms with Crippen LogP contribution in [-0.4, -0.2) is 52.5 Å². The van der Waals surface area contributed by atoms with Gasteiger partial charge in [-0.05, 0) is 12.5 Å². The third kappa shape index (κ3) is 7.50. The molecule has 1 aliphatic rings. The van der Waals surface area contributed by atoms with Gasteiger partial charge >= 0.3 is 11.0 Å². The van der Waals surface area contributed by atoms with E-state index in [0.717, 1.165) is 4.13 Å². The zero-order chi connectivity index (χ0) is 20.2. The Balaban J connectivity index is 0.000000496. The lowest BCUT2D eigenvalue weighted by Gasteiger charge is -2.26. The molecule has 0 radical (unpaired) electrons. The van der Waals surface area contributed by atoms with E-state index in [1.165, 1.54) is 36.8 Å². The van der Waals surface area contributed by atoms with E-state index in [1.54, 1.807) is 0 Å². The van der Waals surface area contributed by atoms with Gasteiger partial charge in [-0.1, -0.05) is 13.3 Å². The number of rotatable bonds is 5. The zero-order valence-electron chi connectivity index (χ0n) is 13.3. The highest BCUT2D eigenvalue weighted by molar-refractivity contribution is 8.13. The average molecular weight is 420 g/mol. The fraction of sp³-hybridized carbons (Fsp3) is 0.818. The minimum Gasteiger partial charge on any atom is -0.421 e. The lowest BCUT2D eigenvalue weighted by Crippen LogP contribution is -2.36. The summed E-state index contributed by atoms with van der Waals surface area (Å²) in [6, 6.07) is 0. The summed E-state index contributed by atoms with van der Waals surface area (Å²) in [6.45, 7) is 4.90. The predicted molar refractivity (Wildman–Crippen MR) is 77.9 cm³/mol. The quantitative estimate of drug-likeness (QED) is 0.505. The van der Waals surface area contributed by atoms with Crippen molar-refractivity contribution in [3.8, 4) is 0 Å². The van der Waals surface area contributed by atoms with E-state index in [0.29, 0.717) is 0 Å². The molecule has 1 unspecified atom stereocenters. The SMILES string of the molecule is CCCC[N+]1(C)C=CCC1.O=S(=O)([N-]S(=O)(=O)C(F)(F)F)C(F)(F)F. The van der Waals surface area contributed by atoms with Crippen LogP contribution in [0.3, 0.4) is 0 Å². The van der Waals surface area contributed by atoms with Gasteiger partial charge in [-0.2, -0.15) is 26.3 Å². The molecule has 0 amide bonds. The number of halogens is 6. The molecule has 0 aliphatic carbocycles. The number of nitrogens with zero attached hydrogens (tertiary/aromatic N) is 2. The molecular formula is C11H18F6N2O4S2. The summed E-state index contributed by atoms with van der Waals surface area (Å²) in [4.78, 5) is 0. The topological polar surface area (TPSA) is 82.4 Å². The van der Waals surface area contributed by atoms with Gasteiger partial charge in [-0.15, -0.1) is 0 Å². The largest absolute Gasteiger partial charge is 0.480 e. The molecular weight excluding hydrogens is 402 g/mol. The van der Waals surface area contributed by atoms with Crippen molar-refractivity contribution in [2.75, 3.05) is 20.1 Å². The maximum absolute atomic E-state index is 11.4. The van der Waals surface area contributed by atoms with Gasteiger partial charge in [0.2, 0.25) is 0 Å². The zero-order valence-corrected chi connectivity index (χ0v) is 14.9. The predicted octanol–water partition coefficient (Wildman–Crippen LogP) is 3.21. The van der Waals surface area contributed by atoms with Crippen molar-refractivity contribution in [2.45, 2.75) is 37.2 Å². The molecule has 1 rings (SSSR count). The molecule has 0 fully saturated rings. The molecule has 0 aromatic rings. The second kappa shape index (κ2) is 8.22. The number of sulfonamides is 2. The molecule has 6 nitrogen and oxygen atoms in total. The summed E-state index contributed by atoms with van der Waals surface area (Å²) >= 11 is 0. The molecule has 25 heavy (non-hydrogen) atoms. The lowest BCUT2D eigenvalue weighted by molar-refractivity contribution is -0.854. The van der Waals surface area contributed by atoms with Gasteiger partial charge in [0.1, 0.15) is 0 Å². The van der Waals surface area contributed by atoms with Crippen molar-refractivity contribution in [2.24, 2.45) is 0 Å². The fourth-order valence-corrected chi connectivity index (χ4v) is 3.40. The van der Waals surface area contributed by atoms with Crippen LogP contribution in [-0.2, 0) is 20.0 Å². The molecule has 1 aliphatic heterocycles. The third-order valence-electron chi connectivity index (χ3n) is 3.08. The summed E-state index contributed by atoms with van der Waals surface area (Å²) in [7, 11) is -11.1. The summed E-state index contributed by atoms with van der Waals surface area (Å²) in [6.07, 6.45) is 8.61. The van der Waals surface area contributed by atoms with Crippen molar-refractivity contribution < 1.29 is 47.7 Å². The first-order valence-electron chi connectivity index (χ1n) is 6.86. The van der Waals surface area contributed by atoms with Crippen LogP contribution >= 0.6 is 0 Å². The highest BCUT2D eigenvalue weighted by Crippen LogP contribution is 2.36. The molecule has 0 saturated heterocycles. The Morgan fingerprint density at radius 2 is 1.44 bits per heavy atom. The first-order chi connectivity index (χ1) is 11.0. The van der Waals surface area contributed by atoms with Gasteiger partial charge in [-0.3, -0.25) is 4.48 Å². The highest BCUT2D eigenvalue weighted by atomic mass is 32.3. The van der Waals surface area contributed by atoms with Gasteiger partial charge in [0, 0.05) is 6.42 Å². The smallest absolute Gasteiger partial charge is 0.421 e. The van der Waals surface area contributed by atoms with E-state index < -0.39 is 31.1 Å². The lowest BCUT2D eigenvalue weighted by atomic mass is 10.3. The minimum absolute atomic E-state index is 0.778. The number of hydrogen-bond donors (Lipinski definition) is 0. The van der Waals surface area contributed by atoms with Crippen molar-refractivity contribution in [1.82, 2.24) is 0 Å². The first kappa shape index (κ1) is 24.1. The highest BCUT2D eigenvalue weighted by Gasteiger charge is 2.46. The van der Waals surface area contributed by atoms with E-state index in [1.807, 2.05) is 0 Å². The Bertz CT molecular complexity index is 628. The number of alkyl halides is 6. The van der Waals surface area contributed by atoms with Crippen molar-refractivity contribution in [3.05, 3.63) is 16.4 Å². The standard InChI is InChI=1S/C9H18N.C2F6NO4S2/c1-3-4-7-10(2)8-5-6-9-10;3-1(4,5)14(10,11)9-15(12,13)2(6,7)8/h5,8H,3-4,6-7,9H2,1-2H3;/q+1;-1. The van der Waals surface area contributed by atoms with Crippen molar-refractivity contribution in [1.29, 1.82) is 0 Å². The Kier molecular flexibility index (Phi) is 7.94. The van der Waals surface area contributed by atoms with E-state index >= 15 is 0 Å². The summed E-state index contributed by atoms with van der Waals surface area (Å²) < 4.78 is 110. The van der Waals surface area contributed by atoms with Crippen molar-refractivity contribution >= 4 is 20.0 Å². The number of hydrogen-bond acceptors (Lipinski definition) is 4. The monoisotopic (exact) mass is 420 g/mol. The molecule has 0 aromatic carbocycles. The Morgan fingerprint density at radius 3 is 1.72 bits per heavy atom. The van der Waals surface area contributed by atoms with Crippen LogP contribution in [0.5, 0.6) is 0 Å². The second-order valence-corrected chi connectivity index (χ2v) is 8.79. The molecule has 0 aromatic heterocycles. The summed E-state index contributed by atoms with van der Waals surface area (Å²) in [5.74, 6) is 0. The second-order valence-electron chi connectivity index (χ2n) is 5.37. The van der Waals surface area contributed by atoms with Gasteiger partial charge in [-0.25, -0.2) is 16.8 Å². The Morgan fingerprint density at radius 1 is 1.00 bits per heavy atom. The first-order valence-corrected chi connectivity index (χ1v) is 9.74. The van der Waals surface area contributed by atoms with Gasteiger partial charge in [0.15, 0.2) is 20.0 Å². The molecule has 0 N–H and O–H groups in total. The van der Waals surface area contributed by atoms with Crippen LogP contribution < -0.4 is 0 Å². The van der Waals surface area contributed by atoms with Gasteiger partial charge < -0.3 is 4.13 Å². The molecule has 14 heteroatoms. The van der Waals surface area contributed by atoms with Gasteiger partial charge in [0.05, 0.1) is 26.3 Å². The fourth-order valence-electron chi connectivity index (χ4n) is 1.69. The summed E-state index contributed by atoms with van der Waals surface area (Å²) in [5, 5.41) is 0. The van der Waals surface area contributed by atoms with Crippen LogP contribution in [0.1, 0.15) is 26.2 Å². The third-order valence-corrected chi connectivity index (χ3v) is 5.82. The normalized spacial score (nSPS) is 21.8. The van der Waals surface area contributed by atoms with E-state index in [4.69, 9.17) is 0 Å². The van der Waals surface area contributed by atoms with Crippen LogP contribution in [0.4, 0.5) is 26.3 Å². The number of unbranched alkanes of at least 4 members (excludes halogenated alkanes) is 1. The minimum atomic E-state index is -6.72. The molecule has 0 spiro atoms. The number of quaternary nitrogens is 1. The summed E-state index contributed by atoms with van der Waals surface area (Å²) in [5.41, 5.74) is -12.4. The van der Waals surface area contributed by atoms with Crippen LogP contribution in [0.2, 0.25) is 0 Å². The van der Waals surface area contributed by atoms with Crippen LogP contribution in [0.15, 0.2) is 12.3 Å². The Labute approximate surface area is 142 Å². The maximum Gasteiger partial charge on any atom is 0.480 e. The maximum atomic E-state index is 11.4. The molecule has 0 bridgehead atoms. The van der Waals surface area contributed by atoms with E-state index in [9.17, 15) is 43.2 Å². The Hall–Kier alpha value is -0.860.